The van der Waals surface area contributed by atoms with Gasteiger partial charge >= 0.3 is 6.03 Å². The number of benzene rings is 2. The second-order valence-corrected chi connectivity index (χ2v) is 8.36. The van der Waals surface area contributed by atoms with Crippen LogP contribution in [0.15, 0.2) is 59.8 Å². The minimum Gasteiger partial charge on any atom is -0.497 e. The summed E-state index contributed by atoms with van der Waals surface area (Å²) in [6, 6.07) is 16.9. The van der Waals surface area contributed by atoms with Gasteiger partial charge in [-0.1, -0.05) is 42.1 Å². The Hall–Kier alpha value is -3.60. The number of para-hydroxylation sites is 1. The van der Waals surface area contributed by atoms with E-state index in [1.54, 1.807) is 21.6 Å². The highest BCUT2D eigenvalue weighted by Gasteiger charge is 2.24. The summed E-state index contributed by atoms with van der Waals surface area (Å²) < 4.78 is 6.85. The molecule has 4 rings (SSSR count). The van der Waals surface area contributed by atoms with Gasteiger partial charge in [0, 0.05) is 31.9 Å². The van der Waals surface area contributed by atoms with Gasteiger partial charge in [0.1, 0.15) is 5.75 Å². The van der Waals surface area contributed by atoms with Crippen molar-refractivity contribution in [3.05, 3.63) is 60.2 Å². The maximum atomic E-state index is 12.7. The second kappa shape index (κ2) is 10.8. The van der Waals surface area contributed by atoms with Gasteiger partial charge in [0.05, 0.1) is 19.4 Å². The Morgan fingerprint density at radius 2 is 1.70 bits per heavy atom. The highest BCUT2D eigenvalue weighted by atomic mass is 32.2. The average Bonchev–Trinajstić information content (AvgIpc) is 3.30. The number of ether oxygens (including phenoxy) is 1. The molecule has 33 heavy (non-hydrogen) atoms. The molecule has 0 saturated carbocycles. The molecule has 3 aromatic rings. The Bertz CT molecular complexity index is 1070. The fourth-order valence-electron chi connectivity index (χ4n) is 3.40. The number of carbonyl (C=O) groups excluding carboxylic acids is 2. The van der Waals surface area contributed by atoms with Gasteiger partial charge in [-0.15, -0.1) is 5.10 Å². The van der Waals surface area contributed by atoms with E-state index in [1.807, 2.05) is 54.6 Å². The fourth-order valence-corrected chi connectivity index (χ4v) is 4.18. The topological polar surface area (TPSA) is 105 Å². The van der Waals surface area contributed by atoms with Crippen LogP contribution >= 0.6 is 11.8 Å². The first-order valence-electron chi connectivity index (χ1n) is 10.5. The Kier molecular flexibility index (Phi) is 7.40. The van der Waals surface area contributed by atoms with Crippen LogP contribution in [-0.2, 0) is 11.3 Å². The normalized spacial score (nSPS) is 13.6. The monoisotopic (exact) mass is 467 g/mol. The van der Waals surface area contributed by atoms with E-state index in [0.717, 1.165) is 17.0 Å². The number of nitrogens with zero attached hydrogens (tertiary/aromatic N) is 6. The van der Waals surface area contributed by atoms with Crippen molar-refractivity contribution in [2.24, 2.45) is 0 Å². The van der Waals surface area contributed by atoms with Gasteiger partial charge in [-0.2, -0.15) is 0 Å². The zero-order valence-corrected chi connectivity index (χ0v) is 19.1. The highest BCUT2D eigenvalue weighted by Crippen LogP contribution is 2.18. The van der Waals surface area contributed by atoms with E-state index in [0.29, 0.717) is 37.9 Å². The first-order valence-corrected chi connectivity index (χ1v) is 11.5. The van der Waals surface area contributed by atoms with Gasteiger partial charge in [0.25, 0.3) is 0 Å². The molecule has 1 aliphatic rings. The molecule has 3 amide bonds. The number of amides is 3. The molecule has 11 heteroatoms. The summed E-state index contributed by atoms with van der Waals surface area (Å²) in [7, 11) is 1.63. The van der Waals surface area contributed by atoms with E-state index in [9.17, 15) is 9.59 Å². The molecule has 2 aromatic carbocycles. The molecule has 10 nitrogen and oxygen atoms in total. The van der Waals surface area contributed by atoms with E-state index in [-0.39, 0.29) is 17.7 Å². The lowest BCUT2D eigenvalue weighted by molar-refractivity contribution is -0.129. The Morgan fingerprint density at radius 3 is 2.39 bits per heavy atom. The van der Waals surface area contributed by atoms with Gasteiger partial charge in [0.15, 0.2) is 0 Å². The molecule has 1 saturated heterocycles. The maximum Gasteiger partial charge on any atom is 0.321 e. The fraction of sp³-hybridized carbons (Fsp3) is 0.318. The molecule has 2 heterocycles. The van der Waals surface area contributed by atoms with E-state index in [2.05, 4.69) is 20.8 Å². The van der Waals surface area contributed by atoms with E-state index in [4.69, 9.17) is 4.74 Å². The predicted octanol–water partition coefficient (Wildman–Crippen LogP) is 2.20. The van der Waals surface area contributed by atoms with Crippen LogP contribution in [0.3, 0.4) is 0 Å². The summed E-state index contributed by atoms with van der Waals surface area (Å²) in [5.74, 6) is 1.02. The highest BCUT2D eigenvalue weighted by molar-refractivity contribution is 7.99. The Morgan fingerprint density at radius 1 is 1.00 bits per heavy atom. The van der Waals surface area contributed by atoms with Gasteiger partial charge in [-0.25, -0.2) is 9.48 Å². The first-order chi connectivity index (χ1) is 16.1. The van der Waals surface area contributed by atoms with E-state index < -0.39 is 0 Å². The largest absolute Gasteiger partial charge is 0.497 e. The molecule has 0 aliphatic carbocycles. The van der Waals surface area contributed by atoms with Crippen LogP contribution < -0.4 is 10.1 Å². The van der Waals surface area contributed by atoms with Crippen molar-refractivity contribution in [2.75, 3.05) is 44.4 Å². The minimum absolute atomic E-state index is 0.00196. The molecule has 0 bridgehead atoms. The molecule has 1 aliphatic heterocycles. The third kappa shape index (κ3) is 6.01. The number of methoxy groups -OCH3 is 1. The zero-order valence-electron chi connectivity index (χ0n) is 18.3. The first kappa shape index (κ1) is 22.6. The summed E-state index contributed by atoms with van der Waals surface area (Å²) in [6.45, 7) is 2.48. The molecule has 0 atom stereocenters. The van der Waals surface area contributed by atoms with Crippen molar-refractivity contribution in [3.8, 4) is 5.75 Å². The van der Waals surface area contributed by atoms with Crippen molar-refractivity contribution >= 4 is 29.4 Å². The van der Waals surface area contributed by atoms with E-state index in [1.165, 1.54) is 11.8 Å². The van der Waals surface area contributed by atoms with Crippen molar-refractivity contribution in [1.82, 2.24) is 30.0 Å². The van der Waals surface area contributed by atoms with Crippen LogP contribution in [0.25, 0.3) is 0 Å². The zero-order chi connectivity index (χ0) is 23.0. The number of rotatable bonds is 7. The third-order valence-corrected chi connectivity index (χ3v) is 6.20. The number of tetrazole rings is 1. The molecule has 0 radical (unpaired) electrons. The molecule has 0 spiro atoms. The maximum absolute atomic E-state index is 12.7. The standard InChI is InChI=1S/C22H25N7O3S/c1-32-19-9-7-17(8-10-19)15-29-22(24-25-26-29)33-16-20(30)27-11-13-28(14-12-27)21(31)23-18-5-3-2-4-6-18/h2-10H,11-16H2,1H3,(H,23,31). The second-order valence-electron chi connectivity index (χ2n) is 7.42. The average molecular weight is 468 g/mol. The number of carbonyl (C=O) groups is 2. The smallest absolute Gasteiger partial charge is 0.321 e. The molecule has 1 N–H and O–H groups in total. The predicted molar refractivity (Wildman–Crippen MR) is 124 cm³/mol. The Labute approximate surface area is 195 Å². The van der Waals surface area contributed by atoms with Gasteiger partial charge in [0.2, 0.25) is 11.1 Å². The van der Waals surface area contributed by atoms with Gasteiger partial charge in [-0.3, -0.25) is 4.79 Å². The number of thioether (sulfide) groups is 1. The van der Waals surface area contributed by atoms with E-state index >= 15 is 0 Å². The van der Waals surface area contributed by atoms with Crippen molar-refractivity contribution < 1.29 is 14.3 Å². The number of aromatic nitrogens is 4. The van der Waals surface area contributed by atoms with Crippen molar-refractivity contribution in [1.29, 1.82) is 0 Å². The van der Waals surface area contributed by atoms with Crippen molar-refractivity contribution in [2.45, 2.75) is 11.7 Å². The summed E-state index contributed by atoms with van der Waals surface area (Å²) in [5.41, 5.74) is 1.78. The van der Waals surface area contributed by atoms with Gasteiger partial charge in [-0.05, 0) is 40.3 Å². The van der Waals surface area contributed by atoms with Crippen LogP contribution in [0.4, 0.5) is 10.5 Å². The lowest BCUT2D eigenvalue weighted by Crippen LogP contribution is -2.52. The third-order valence-electron chi connectivity index (χ3n) is 5.26. The number of piperazine rings is 1. The molecule has 0 unspecified atom stereocenters. The summed E-state index contributed by atoms with van der Waals surface area (Å²) in [4.78, 5) is 28.6. The van der Waals surface area contributed by atoms with Gasteiger partial charge < -0.3 is 19.9 Å². The van der Waals surface area contributed by atoms with Crippen molar-refractivity contribution in [3.63, 3.8) is 0 Å². The summed E-state index contributed by atoms with van der Waals surface area (Å²) in [5, 5.41) is 15.3. The molecular weight excluding hydrogens is 442 g/mol. The lowest BCUT2D eigenvalue weighted by Gasteiger charge is -2.34. The number of anilines is 1. The SMILES string of the molecule is COc1ccc(Cn2nnnc2SCC(=O)N2CCN(C(=O)Nc3ccccc3)CC2)cc1. The lowest BCUT2D eigenvalue weighted by atomic mass is 10.2. The number of urea groups is 1. The summed E-state index contributed by atoms with van der Waals surface area (Å²) in [6.07, 6.45) is 0. The Balaban J connectivity index is 1.24. The van der Waals surface area contributed by atoms with Crippen LogP contribution in [0.5, 0.6) is 5.75 Å². The molecular formula is C22H25N7O3S. The number of hydrogen-bond acceptors (Lipinski definition) is 7. The van der Waals surface area contributed by atoms with Crippen LogP contribution in [-0.4, -0.2) is 81.0 Å². The number of nitrogens with one attached hydrogen (secondary N) is 1. The molecule has 1 fully saturated rings. The quantitative estimate of drug-likeness (QED) is 0.531. The summed E-state index contributed by atoms with van der Waals surface area (Å²) >= 11 is 1.31. The number of hydrogen-bond donors (Lipinski definition) is 1. The molecule has 172 valence electrons. The van der Waals surface area contributed by atoms with Crippen LogP contribution in [0, 0.1) is 0 Å². The van der Waals surface area contributed by atoms with Crippen LogP contribution in [0.2, 0.25) is 0 Å². The molecule has 1 aromatic heterocycles. The minimum atomic E-state index is -0.152. The van der Waals surface area contributed by atoms with Crippen LogP contribution in [0.1, 0.15) is 5.56 Å².